The third-order valence-electron chi connectivity index (χ3n) is 7.28. The number of hydrogen-bond donors (Lipinski definition) is 1. The van der Waals surface area contributed by atoms with Gasteiger partial charge in [-0.2, -0.15) is 0 Å². The molecule has 4 nitrogen and oxygen atoms in total. The number of phenols is 1. The van der Waals surface area contributed by atoms with Crippen molar-refractivity contribution in [1.29, 1.82) is 0 Å². The number of aromatic hydroxyl groups is 1. The topological polar surface area (TPSA) is 41.9 Å². The molecule has 1 N–H and O–H groups in total. The fourth-order valence-electron chi connectivity index (χ4n) is 5.34. The van der Waals surface area contributed by atoms with Crippen molar-refractivity contribution in [3.05, 3.63) is 88.2 Å². The highest BCUT2D eigenvalue weighted by atomic mass is 19.1. The Morgan fingerprint density at radius 2 is 1.84 bits per heavy atom. The minimum Gasteiger partial charge on any atom is -0.508 e. The Labute approximate surface area is 217 Å². The summed E-state index contributed by atoms with van der Waals surface area (Å²) in [5.41, 5.74) is 5.61. The van der Waals surface area contributed by atoms with Crippen LogP contribution < -0.4 is 9.47 Å². The van der Waals surface area contributed by atoms with Crippen LogP contribution in [0.5, 0.6) is 17.2 Å². The molecule has 0 unspecified atom stereocenters. The molecule has 3 aromatic carbocycles. The zero-order chi connectivity index (χ0) is 25.9. The molecule has 2 aliphatic heterocycles. The van der Waals surface area contributed by atoms with Crippen molar-refractivity contribution in [2.75, 3.05) is 32.9 Å². The van der Waals surface area contributed by atoms with Crippen LogP contribution in [-0.2, 0) is 0 Å². The molecule has 0 radical (unpaired) electrons. The van der Waals surface area contributed by atoms with E-state index in [1.807, 2.05) is 56.3 Å². The largest absolute Gasteiger partial charge is 0.508 e. The Bertz CT molecular complexity index is 1300. The molecule has 2 heterocycles. The van der Waals surface area contributed by atoms with E-state index in [-0.39, 0.29) is 24.3 Å². The maximum atomic E-state index is 15.2. The van der Waals surface area contributed by atoms with Crippen LogP contribution in [0.3, 0.4) is 0 Å². The predicted molar refractivity (Wildman–Crippen MR) is 143 cm³/mol. The van der Waals surface area contributed by atoms with E-state index in [4.69, 9.17) is 9.47 Å². The summed E-state index contributed by atoms with van der Waals surface area (Å²) in [6.45, 7) is 6.29. The minimum atomic E-state index is -0.291. The van der Waals surface area contributed by atoms with Crippen molar-refractivity contribution in [1.82, 2.24) is 4.90 Å². The predicted octanol–water partition coefficient (Wildman–Crippen LogP) is 6.70. The van der Waals surface area contributed by atoms with Crippen molar-refractivity contribution in [2.45, 2.75) is 39.2 Å². The van der Waals surface area contributed by atoms with Crippen LogP contribution in [-0.4, -0.2) is 49.0 Å². The van der Waals surface area contributed by atoms with Crippen molar-refractivity contribution < 1.29 is 23.4 Å². The van der Waals surface area contributed by atoms with E-state index in [2.05, 4.69) is 4.90 Å². The van der Waals surface area contributed by atoms with Crippen molar-refractivity contribution >= 4 is 11.1 Å². The van der Waals surface area contributed by atoms with Gasteiger partial charge in [0.2, 0.25) is 0 Å². The monoisotopic (exact) mass is 505 g/mol. The average molecular weight is 506 g/mol. The number of ether oxygens (including phenoxy) is 2. The lowest BCUT2D eigenvalue weighted by atomic mass is 9.87. The van der Waals surface area contributed by atoms with Crippen LogP contribution in [0.15, 0.2) is 54.6 Å². The quantitative estimate of drug-likeness (QED) is 0.388. The molecular formula is C31H33F2NO3. The lowest BCUT2D eigenvalue weighted by Gasteiger charge is -2.19. The molecule has 3 aromatic rings. The van der Waals surface area contributed by atoms with Gasteiger partial charge in [-0.25, -0.2) is 4.39 Å². The molecule has 0 saturated carbocycles. The molecule has 0 amide bonds. The van der Waals surface area contributed by atoms with Crippen LogP contribution in [0.25, 0.3) is 11.1 Å². The maximum Gasteiger partial charge on any atom is 0.133 e. The zero-order valence-corrected chi connectivity index (χ0v) is 21.4. The molecule has 1 fully saturated rings. The second-order valence-electron chi connectivity index (χ2n) is 9.92. The lowest BCUT2D eigenvalue weighted by molar-refractivity contribution is 0.198. The second kappa shape index (κ2) is 10.9. The summed E-state index contributed by atoms with van der Waals surface area (Å²) in [5, 5.41) is 10.3. The van der Waals surface area contributed by atoms with Crippen LogP contribution >= 0.6 is 0 Å². The number of fused-ring (bicyclic) bond motifs is 1. The van der Waals surface area contributed by atoms with E-state index in [0.717, 1.165) is 59.6 Å². The summed E-state index contributed by atoms with van der Waals surface area (Å²) >= 11 is 0. The first-order valence-corrected chi connectivity index (χ1v) is 13.0. The Hall–Kier alpha value is -3.38. The Balaban J connectivity index is 1.51. The van der Waals surface area contributed by atoms with E-state index in [9.17, 15) is 9.50 Å². The number of hydrogen-bond acceptors (Lipinski definition) is 4. The SMILES string of the molecule is Cc1ccc(C2=C(c3ccc(O[C@H]4CCN(CCCF)C4)cc3)c3ccc(O)c(C)c3OCC2)c(F)c1. The number of halogens is 2. The van der Waals surface area contributed by atoms with Crippen molar-refractivity contribution in [3.63, 3.8) is 0 Å². The van der Waals surface area contributed by atoms with Gasteiger partial charge in [-0.15, -0.1) is 0 Å². The van der Waals surface area contributed by atoms with Gasteiger partial charge in [0.15, 0.2) is 0 Å². The van der Waals surface area contributed by atoms with Crippen LogP contribution in [0.4, 0.5) is 8.78 Å². The lowest BCUT2D eigenvalue weighted by Crippen LogP contribution is -2.26. The summed E-state index contributed by atoms with van der Waals surface area (Å²) in [6, 6.07) is 16.7. The van der Waals surface area contributed by atoms with Crippen molar-refractivity contribution in [3.8, 4) is 17.2 Å². The van der Waals surface area contributed by atoms with Gasteiger partial charge in [-0.3, -0.25) is 9.29 Å². The van der Waals surface area contributed by atoms with E-state index >= 15 is 4.39 Å². The molecule has 0 bridgehead atoms. The average Bonchev–Trinajstić information content (AvgIpc) is 3.24. The van der Waals surface area contributed by atoms with Gasteiger partial charge in [-0.05, 0) is 79.3 Å². The minimum absolute atomic E-state index is 0.0829. The highest BCUT2D eigenvalue weighted by Gasteiger charge is 2.26. The third kappa shape index (κ3) is 5.35. The Morgan fingerprint density at radius 1 is 1.05 bits per heavy atom. The fourth-order valence-corrected chi connectivity index (χ4v) is 5.34. The summed E-state index contributed by atoms with van der Waals surface area (Å²) in [6.07, 6.45) is 2.09. The molecule has 37 heavy (non-hydrogen) atoms. The number of nitrogens with zero attached hydrogens (tertiary/aromatic N) is 1. The number of likely N-dealkylation sites (tertiary alicyclic amines) is 1. The molecule has 5 rings (SSSR count). The summed E-state index contributed by atoms with van der Waals surface area (Å²) in [4.78, 5) is 2.24. The molecule has 0 aromatic heterocycles. The molecular weight excluding hydrogens is 472 g/mol. The molecule has 1 saturated heterocycles. The van der Waals surface area contributed by atoms with Crippen molar-refractivity contribution in [2.24, 2.45) is 0 Å². The summed E-state index contributed by atoms with van der Waals surface area (Å²) in [5.74, 6) is 1.31. The first-order chi connectivity index (χ1) is 17.9. The van der Waals surface area contributed by atoms with Gasteiger partial charge in [0.05, 0.1) is 13.3 Å². The molecule has 0 aliphatic carbocycles. The maximum absolute atomic E-state index is 15.2. The molecule has 6 heteroatoms. The molecule has 1 atom stereocenters. The van der Waals surface area contributed by atoms with Gasteiger partial charge in [-0.1, -0.05) is 24.3 Å². The Morgan fingerprint density at radius 3 is 2.59 bits per heavy atom. The van der Waals surface area contributed by atoms with E-state index in [0.29, 0.717) is 36.3 Å². The number of aryl methyl sites for hydroxylation is 1. The highest BCUT2D eigenvalue weighted by molar-refractivity contribution is 6.01. The Kier molecular flexibility index (Phi) is 7.47. The van der Waals surface area contributed by atoms with Gasteiger partial charge in [0, 0.05) is 42.7 Å². The molecule has 0 spiro atoms. The van der Waals surface area contributed by atoms with Crippen LogP contribution in [0.1, 0.15) is 47.1 Å². The summed E-state index contributed by atoms with van der Waals surface area (Å²) < 4.78 is 40.1. The first-order valence-electron chi connectivity index (χ1n) is 13.0. The van der Waals surface area contributed by atoms with Gasteiger partial charge < -0.3 is 14.6 Å². The number of alkyl halides is 1. The smallest absolute Gasteiger partial charge is 0.133 e. The fraction of sp³-hybridized carbons (Fsp3) is 0.355. The number of benzene rings is 3. The van der Waals surface area contributed by atoms with Gasteiger partial charge in [0.25, 0.3) is 0 Å². The summed E-state index contributed by atoms with van der Waals surface area (Å²) in [7, 11) is 0. The van der Waals surface area contributed by atoms with E-state index in [1.165, 1.54) is 0 Å². The normalized spacial score (nSPS) is 17.9. The first kappa shape index (κ1) is 25.3. The third-order valence-corrected chi connectivity index (χ3v) is 7.28. The van der Waals surface area contributed by atoms with Crippen LogP contribution in [0.2, 0.25) is 0 Å². The second-order valence-corrected chi connectivity index (χ2v) is 9.92. The standard InChI is InChI=1S/C31H33F2NO3/c1-20-4-9-25(28(33)18-20)26-13-17-36-31-21(2)29(35)11-10-27(31)30(26)22-5-7-23(8-6-22)37-24-12-16-34(19-24)15-3-14-32/h4-11,18,24,35H,3,12-17,19H2,1-2H3/t24-/m0/s1. The van der Waals surface area contributed by atoms with E-state index < -0.39 is 0 Å². The van der Waals surface area contributed by atoms with Gasteiger partial charge in [0.1, 0.15) is 29.2 Å². The zero-order valence-electron chi connectivity index (χ0n) is 21.4. The van der Waals surface area contributed by atoms with E-state index in [1.54, 1.807) is 12.1 Å². The molecule has 194 valence electrons. The number of rotatable bonds is 7. The van der Waals surface area contributed by atoms with Crippen LogP contribution in [0, 0.1) is 19.7 Å². The highest BCUT2D eigenvalue weighted by Crippen LogP contribution is 2.45. The number of phenolic OH excluding ortho intramolecular Hbond substituents is 1. The van der Waals surface area contributed by atoms with Gasteiger partial charge >= 0.3 is 0 Å². The molecule has 2 aliphatic rings.